The SMILES string of the molecule is COc1ccccc1/C=C(\C#N)c1nc(-c2cc3ccccc3oc2=O)cs1. The number of thiazole rings is 1. The quantitative estimate of drug-likeness (QED) is 0.365. The standard InChI is InChI=1S/C22H14N2O3S/c1-26-19-8-4-2-6-14(19)10-16(12-23)21-24-18(13-28-21)17-11-15-7-3-5-9-20(15)27-22(17)25/h2-11,13H,1H3/b16-10+. The molecule has 136 valence electrons. The maximum absolute atomic E-state index is 12.4. The van der Waals surface area contributed by atoms with E-state index >= 15 is 0 Å². The number of nitrogens with zero attached hydrogens (tertiary/aromatic N) is 2. The Hall–Kier alpha value is -3.69. The van der Waals surface area contributed by atoms with Gasteiger partial charge in [0, 0.05) is 16.3 Å². The van der Waals surface area contributed by atoms with Crippen LogP contribution in [0.4, 0.5) is 0 Å². The van der Waals surface area contributed by atoms with E-state index in [1.807, 2.05) is 42.5 Å². The van der Waals surface area contributed by atoms with Gasteiger partial charge >= 0.3 is 5.63 Å². The molecule has 0 aliphatic carbocycles. The number of hydrogen-bond acceptors (Lipinski definition) is 6. The van der Waals surface area contributed by atoms with E-state index in [9.17, 15) is 10.1 Å². The van der Waals surface area contributed by atoms with Gasteiger partial charge in [-0.3, -0.25) is 0 Å². The van der Waals surface area contributed by atoms with Crippen molar-refractivity contribution in [2.45, 2.75) is 0 Å². The summed E-state index contributed by atoms with van der Waals surface area (Å²) >= 11 is 1.30. The molecule has 5 nitrogen and oxygen atoms in total. The fraction of sp³-hybridized carbons (Fsp3) is 0.0455. The maximum Gasteiger partial charge on any atom is 0.345 e. The third-order valence-corrected chi connectivity index (χ3v) is 5.09. The van der Waals surface area contributed by atoms with Crippen LogP contribution in [0.15, 0.2) is 69.2 Å². The number of allylic oxidation sites excluding steroid dienone is 1. The molecule has 0 bridgehead atoms. The normalized spacial score (nSPS) is 11.4. The molecule has 6 heteroatoms. The predicted octanol–water partition coefficient (Wildman–Crippen LogP) is 4.99. The Morgan fingerprint density at radius 2 is 2.00 bits per heavy atom. The largest absolute Gasteiger partial charge is 0.496 e. The second-order valence-corrected chi connectivity index (χ2v) is 6.79. The second-order valence-electron chi connectivity index (χ2n) is 5.94. The summed E-state index contributed by atoms with van der Waals surface area (Å²) in [6.07, 6.45) is 1.73. The van der Waals surface area contributed by atoms with Gasteiger partial charge in [0.15, 0.2) is 0 Å². The maximum atomic E-state index is 12.4. The summed E-state index contributed by atoms with van der Waals surface area (Å²) in [6.45, 7) is 0. The smallest absolute Gasteiger partial charge is 0.345 e. The van der Waals surface area contributed by atoms with Gasteiger partial charge in [-0.05, 0) is 24.3 Å². The highest BCUT2D eigenvalue weighted by molar-refractivity contribution is 7.11. The molecule has 0 N–H and O–H groups in total. The number of hydrogen-bond donors (Lipinski definition) is 0. The number of methoxy groups -OCH3 is 1. The van der Waals surface area contributed by atoms with Crippen molar-refractivity contribution in [1.29, 1.82) is 5.26 Å². The molecule has 4 aromatic rings. The Morgan fingerprint density at radius 1 is 1.21 bits per heavy atom. The first-order valence-electron chi connectivity index (χ1n) is 8.43. The van der Waals surface area contributed by atoms with Crippen LogP contribution in [-0.4, -0.2) is 12.1 Å². The first-order valence-corrected chi connectivity index (χ1v) is 9.31. The van der Waals surface area contributed by atoms with E-state index in [1.165, 1.54) is 11.3 Å². The van der Waals surface area contributed by atoms with Crippen molar-refractivity contribution < 1.29 is 9.15 Å². The summed E-state index contributed by atoms with van der Waals surface area (Å²) in [6, 6.07) is 18.7. The molecule has 2 aromatic carbocycles. The molecular weight excluding hydrogens is 372 g/mol. The number of para-hydroxylation sites is 2. The fourth-order valence-electron chi connectivity index (χ4n) is 2.84. The van der Waals surface area contributed by atoms with Gasteiger partial charge in [0.25, 0.3) is 0 Å². The molecule has 0 saturated heterocycles. The van der Waals surface area contributed by atoms with Crippen LogP contribution in [0.25, 0.3) is 33.9 Å². The molecule has 0 aliphatic heterocycles. The van der Waals surface area contributed by atoms with Crippen LogP contribution in [-0.2, 0) is 0 Å². The fourth-order valence-corrected chi connectivity index (χ4v) is 3.63. The Morgan fingerprint density at radius 3 is 2.82 bits per heavy atom. The number of fused-ring (bicyclic) bond motifs is 1. The highest BCUT2D eigenvalue weighted by Gasteiger charge is 2.14. The summed E-state index contributed by atoms with van der Waals surface area (Å²) in [4.78, 5) is 16.9. The van der Waals surface area contributed by atoms with Gasteiger partial charge in [-0.15, -0.1) is 11.3 Å². The van der Waals surface area contributed by atoms with E-state index in [0.29, 0.717) is 33.2 Å². The molecule has 2 heterocycles. The van der Waals surface area contributed by atoms with E-state index in [0.717, 1.165) is 10.9 Å². The lowest BCUT2D eigenvalue weighted by Crippen LogP contribution is -2.02. The summed E-state index contributed by atoms with van der Waals surface area (Å²) < 4.78 is 10.7. The van der Waals surface area contributed by atoms with Gasteiger partial charge in [-0.25, -0.2) is 9.78 Å². The molecule has 4 rings (SSSR count). The lowest BCUT2D eigenvalue weighted by molar-refractivity contribution is 0.414. The lowest BCUT2D eigenvalue weighted by atomic mass is 10.1. The molecule has 2 aromatic heterocycles. The van der Waals surface area contributed by atoms with Crippen LogP contribution < -0.4 is 10.4 Å². The first-order chi connectivity index (χ1) is 13.7. The summed E-state index contributed by atoms with van der Waals surface area (Å²) in [7, 11) is 1.58. The Bertz CT molecular complexity index is 1290. The van der Waals surface area contributed by atoms with Gasteiger partial charge in [0.2, 0.25) is 0 Å². The van der Waals surface area contributed by atoms with E-state index < -0.39 is 5.63 Å². The number of aromatic nitrogens is 1. The van der Waals surface area contributed by atoms with Gasteiger partial charge in [-0.1, -0.05) is 36.4 Å². The third-order valence-electron chi connectivity index (χ3n) is 4.21. The van der Waals surface area contributed by atoms with Crippen LogP contribution in [0.1, 0.15) is 10.6 Å². The molecule has 0 saturated carbocycles. The molecule has 0 unspecified atom stereocenters. The molecule has 0 atom stereocenters. The van der Waals surface area contributed by atoms with E-state index in [-0.39, 0.29) is 0 Å². The van der Waals surface area contributed by atoms with Crippen LogP contribution in [0.5, 0.6) is 5.75 Å². The monoisotopic (exact) mass is 386 g/mol. The molecule has 0 amide bonds. The average molecular weight is 386 g/mol. The zero-order chi connectivity index (χ0) is 19.5. The number of nitriles is 1. The minimum Gasteiger partial charge on any atom is -0.496 e. The van der Waals surface area contributed by atoms with Crippen molar-refractivity contribution in [2.24, 2.45) is 0 Å². The van der Waals surface area contributed by atoms with Crippen molar-refractivity contribution in [3.05, 3.63) is 81.0 Å². The Kier molecular flexibility index (Phi) is 4.75. The van der Waals surface area contributed by atoms with Gasteiger partial charge in [0.05, 0.1) is 23.9 Å². The molecule has 0 aliphatic rings. The Balaban J connectivity index is 1.77. The van der Waals surface area contributed by atoms with Crippen LogP contribution >= 0.6 is 11.3 Å². The number of benzene rings is 2. The third kappa shape index (κ3) is 3.31. The average Bonchev–Trinajstić information content (AvgIpc) is 3.21. The minimum atomic E-state index is -0.456. The highest BCUT2D eigenvalue weighted by Crippen LogP contribution is 2.29. The van der Waals surface area contributed by atoms with Crippen molar-refractivity contribution in [1.82, 2.24) is 4.98 Å². The van der Waals surface area contributed by atoms with E-state index in [1.54, 1.807) is 30.7 Å². The lowest BCUT2D eigenvalue weighted by Gasteiger charge is -2.04. The van der Waals surface area contributed by atoms with Crippen molar-refractivity contribution in [2.75, 3.05) is 7.11 Å². The minimum absolute atomic E-state index is 0.371. The predicted molar refractivity (Wildman–Crippen MR) is 110 cm³/mol. The molecule has 0 fully saturated rings. The van der Waals surface area contributed by atoms with Crippen LogP contribution in [0, 0.1) is 11.3 Å². The first kappa shape index (κ1) is 17.7. The van der Waals surface area contributed by atoms with Gasteiger partial charge in [0.1, 0.15) is 22.4 Å². The zero-order valence-electron chi connectivity index (χ0n) is 14.9. The molecule has 0 spiro atoms. The highest BCUT2D eigenvalue weighted by atomic mass is 32.1. The Labute approximate surface area is 164 Å². The number of ether oxygens (including phenoxy) is 1. The van der Waals surface area contributed by atoms with Crippen molar-refractivity contribution >= 4 is 34.0 Å². The topological polar surface area (TPSA) is 76.1 Å². The summed E-state index contributed by atoms with van der Waals surface area (Å²) in [5.41, 5.74) is 2.11. The van der Waals surface area contributed by atoms with Crippen molar-refractivity contribution in [3.63, 3.8) is 0 Å². The summed E-state index contributed by atoms with van der Waals surface area (Å²) in [5, 5.41) is 12.7. The van der Waals surface area contributed by atoms with Crippen molar-refractivity contribution in [3.8, 4) is 23.1 Å². The zero-order valence-corrected chi connectivity index (χ0v) is 15.7. The summed E-state index contributed by atoms with van der Waals surface area (Å²) in [5.74, 6) is 0.669. The molecule has 0 radical (unpaired) electrons. The number of rotatable bonds is 4. The van der Waals surface area contributed by atoms with Crippen LogP contribution in [0.3, 0.4) is 0 Å². The van der Waals surface area contributed by atoms with Crippen LogP contribution in [0.2, 0.25) is 0 Å². The van der Waals surface area contributed by atoms with E-state index in [2.05, 4.69) is 11.1 Å². The second kappa shape index (κ2) is 7.51. The van der Waals surface area contributed by atoms with Gasteiger partial charge < -0.3 is 9.15 Å². The van der Waals surface area contributed by atoms with E-state index in [4.69, 9.17) is 9.15 Å². The molecule has 28 heavy (non-hydrogen) atoms. The molecular formula is C22H14N2O3S. The van der Waals surface area contributed by atoms with Gasteiger partial charge in [-0.2, -0.15) is 5.26 Å².